The Morgan fingerprint density at radius 3 is 2.62 bits per heavy atom. The van der Waals surface area contributed by atoms with E-state index >= 15 is 0 Å². The number of methoxy groups -OCH3 is 2. The van der Waals surface area contributed by atoms with Gasteiger partial charge >= 0.3 is 0 Å². The molecule has 0 radical (unpaired) electrons. The van der Waals surface area contributed by atoms with E-state index in [0.717, 1.165) is 14.4 Å². The Morgan fingerprint density at radius 1 is 1.17 bits per heavy atom. The molecular weight excluding hydrogens is 412 g/mol. The highest BCUT2D eigenvalue weighted by atomic mass is 79.9. The highest BCUT2D eigenvalue weighted by molar-refractivity contribution is 9.11. The lowest BCUT2D eigenvalue weighted by Gasteiger charge is -2.09. The summed E-state index contributed by atoms with van der Waals surface area (Å²) in [4.78, 5) is 17.9. The molecule has 0 fully saturated rings. The standard InChI is InChI=1S/C16H13BrN2O3S2/c1-21-11-4-3-9(7-12(11)22-2)15(20)19-16-18-10(8-23-16)13-5-6-14(17)24-13/h3-8H,1-2H3,(H,18,19,20). The zero-order valence-electron chi connectivity index (χ0n) is 12.8. The zero-order valence-corrected chi connectivity index (χ0v) is 16.0. The summed E-state index contributed by atoms with van der Waals surface area (Å²) in [7, 11) is 3.09. The molecule has 0 aliphatic heterocycles. The molecule has 3 rings (SSSR count). The van der Waals surface area contributed by atoms with Crippen LogP contribution in [0.1, 0.15) is 10.4 Å². The van der Waals surface area contributed by atoms with Crippen LogP contribution in [0.5, 0.6) is 11.5 Å². The van der Waals surface area contributed by atoms with E-state index in [-0.39, 0.29) is 5.91 Å². The van der Waals surface area contributed by atoms with Crippen LogP contribution in [0.25, 0.3) is 10.6 Å². The van der Waals surface area contributed by atoms with Crippen molar-refractivity contribution in [1.29, 1.82) is 0 Å². The maximum absolute atomic E-state index is 12.4. The van der Waals surface area contributed by atoms with Crippen LogP contribution in [0.4, 0.5) is 5.13 Å². The molecular formula is C16H13BrN2O3S2. The van der Waals surface area contributed by atoms with Gasteiger partial charge in [0, 0.05) is 10.9 Å². The van der Waals surface area contributed by atoms with E-state index in [4.69, 9.17) is 9.47 Å². The molecule has 1 N–H and O–H groups in total. The van der Waals surface area contributed by atoms with Crippen LogP contribution in [-0.2, 0) is 0 Å². The molecule has 0 aliphatic rings. The average molecular weight is 425 g/mol. The summed E-state index contributed by atoms with van der Waals surface area (Å²) in [6, 6.07) is 8.98. The van der Waals surface area contributed by atoms with Crippen molar-refractivity contribution < 1.29 is 14.3 Å². The molecule has 2 aromatic heterocycles. The molecule has 124 valence electrons. The van der Waals surface area contributed by atoms with Gasteiger partial charge in [-0.15, -0.1) is 22.7 Å². The summed E-state index contributed by atoms with van der Waals surface area (Å²) >= 11 is 6.42. The molecule has 2 heterocycles. The van der Waals surface area contributed by atoms with E-state index in [1.165, 1.54) is 18.4 Å². The molecule has 24 heavy (non-hydrogen) atoms. The van der Waals surface area contributed by atoms with Crippen molar-refractivity contribution in [3.05, 3.63) is 45.1 Å². The third kappa shape index (κ3) is 3.61. The smallest absolute Gasteiger partial charge is 0.257 e. The second kappa shape index (κ2) is 7.33. The molecule has 0 aliphatic carbocycles. The Kier molecular flexibility index (Phi) is 5.17. The number of hydrogen-bond donors (Lipinski definition) is 1. The number of amides is 1. The fourth-order valence-electron chi connectivity index (χ4n) is 2.04. The van der Waals surface area contributed by atoms with Gasteiger partial charge in [-0.2, -0.15) is 0 Å². The molecule has 0 saturated heterocycles. The molecule has 0 unspecified atom stereocenters. The number of aromatic nitrogens is 1. The van der Waals surface area contributed by atoms with Crippen molar-refractivity contribution in [2.45, 2.75) is 0 Å². The lowest BCUT2D eigenvalue weighted by Crippen LogP contribution is -2.11. The van der Waals surface area contributed by atoms with E-state index in [0.29, 0.717) is 22.2 Å². The highest BCUT2D eigenvalue weighted by Crippen LogP contribution is 2.33. The lowest BCUT2D eigenvalue weighted by atomic mass is 10.2. The molecule has 3 aromatic rings. The number of thiophene rings is 1. The predicted molar refractivity (Wildman–Crippen MR) is 101 cm³/mol. The molecule has 0 saturated carbocycles. The fourth-order valence-corrected chi connectivity index (χ4v) is 4.17. The maximum atomic E-state index is 12.4. The van der Waals surface area contributed by atoms with Crippen LogP contribution in [0.3, 0.4) is 0 Å². The molecule has 1 aromatic carbocycles. The average Bonchev–Trinajstić information content (AvgIpc) is 3.23. The summed E-state index contributed by atoms with van der Waals surface area (Å²) in [5.41, 5.74) is 1.32. The van der Waals surface area contributed by atoms with Crippen LogP contribution in [0, 0.1) is 0 Å². The van der Waals surface area contributed by atoms with E-state index in [2.05, 4.69) is 26.2 Å². The Bertz CT molecular complexity index is 876. The minimum Gasteiger partial charge on any atom is -0.493 e. The number of nitrogens with one attached hydrogen (secondary N) is 1. The fraction of sp³-hybridized carbons (Fsp3) is 0.125. The number of thiazole rings is 1. The number of anilines is 1. The first-order chi connectivity index (χ1) is 11.6. The van der Waals surface area contributed by atoms with Crippen molar-refractivity contribution in [3.8, 4) is 22.1 Å². The van der Waals surface area contributed by atoms with Crippen molar-refractivity contribution >= 4 is 49.6 Å². The van der Waals surface area contributed by atoms with E-state index < -0.39 is 0 Å². The van der Waals surface area contributed by atoms with Gasteiger partial charge in [0.25, 0.3) is 5.91 Å². The Hall–Kier alpha value is -1.90. The minimum atomic E-state index is -0.246. The van der Waals surface area contributed by atoms with Gasteiger partial charge in [0.15, 0.2) is 16.6 Å². The van der Waals surface area contributed by atoms with Crippen LogP contribution in [0.15, 0.2) is 39.5 Å². The molecule has 5 nitrogen and oxygen atoms in total. The number of nitrogens with zero attached hydrogens (tertiary/aromatic N) is 1. The van der Waals surface area contributed by atoms with Crippen LogP contribution < -0.4 is 14.8 Å². The van der Waals surface area contributed by atoms with Crippen molar-refractivity contribution in [2.75, 3.05) is 19.5 Å². The number of benzene rings is 1. The first-order valence-corrected chi connectivity index (χ1v) is 9.34. The van der Waals surface area contributed by atoms with Gasteiger partial charge in [0.05, 0.1) is 28.6 Å². The number of carbonyl (C=O) groups is 1. The van der Waals surface area contributed by atoms with E-state index in [1.807, 2.05) is 17.5 Å². The number of hydrogen-bond acceptors (Lipinski definition) is 6. The Balaban J connectivity index is 1.77. The van der Waals surface area contributed by atoms with Gasteiger partial charge in [-0.05, 0) is 46.3 Å². The number of ether oxygens (including phenoxy) is 2. The van der Waals surface area contributed by atoms with Gasteiger partial charge in [-0.3, -0.25) is 10.1 Å². The Labute approximate surface area is 155 Å². The summed E-state index contributed by atoms with van der Waals surface area (Å²) in [6.45, 7) is 0. The maximum Gasteiger partial charge on any atom is 0.257 e. The predicted octanol–water partition coefficient (Wildman–Crippen LogP) is 4.90. The number of carbonyl (C=O) groups excluding carboxylic acids is 1. The first kappa shape index (κ1) is 16.9. The SMILES string of the molecule is COc1ccc(C(=O)Nc2nc(-c3ccc(Br)s3)cs2)cc1OC. The zero-order chi connectivity index (χ0) is 17.1. The lowest BCUT2D eigenvalue weighted by molar-refractivity contribution is 0.102. The van der Waals surface area contributed by atoms with Crippen molar-refractivity contribution in [1.82, 2.24) is 4.98 Å². The monoisotopic (exact) mass is 424 g/mol. The van der Waals surface area contributed by atoms with Gasteiger partial charge in [0.1, 0.15) is 0 Å². The third-order valence-corrected chi connectivity index (χ3v) is 5.60. The largest absolute Gasteiger partial charge is 0.493 e. The summed E-state index contributed by atoms with van der Waals surface area (Å²) in [5, 5.41) is 5.28. The van der Waals surface area contributed by atoms with Gasteiger partial charge in [-0.25, -0.2) is 4.98 Å². The quantitative estimate of drug-likeness (QED) is 0.632. The third-order valence-electron chi connectivity index (χ3n) is 3.20. The van der Waals surface area contributed by atoms with E-state index in [9.17, 15) is 4.79 Å². The second-order valence-electron chi connectivity index (χ2n) is 4.67. The topological polar surface area (TPSA) is 60.5 Å². The van der Waals surface area contributed by atoms with E-state index in [1.54, 1.807) is 36.6 Å². The van der Waals surface area contributed by atoms with Gasteiger partial charge < -0.3 is 9.47 Å². The van der Waals surface area contributed by atoms with Crippen LogP contribution in [-0.4, -0.2) is 25.1 Å². The van der Waals surface area contributed by atoms with Gasteiger partial charge in [0.2, 0.25) is 0 Å². The van der Waals surface area contributed by atoms with Crippen molar-refractivity contribution in [3.63, 3.8) is 0 Å². The molecule has 8 heteroatoms. The normalized spacial score (nSPS) is 10.5. The first-order valence-electron chi connectivity index (χ1n) is 6.85. The molecule has 0 atom stereocenters. The van der Waals surface area contributed by atoms with Crippen molar-refractivity contribution in [2.24, 2.45) is 0 Å². The number of halogens is 1. The van der Waals surface area contributed by atoms with Crippen LogP contribution >= 0.6 is 38.6 Å². The molecule has 0 bridgehead atoms. The summed E-state index contributed by atoms with van der Waals surface area (Å²) in [6.07, 6.45) is 0. The summed E-state index contributed by atoms with van der Waals surface area (Å²) in [5.74, 6) is 0.839. The Morgan fingerprint density at radius 2 is 1.96 bits per heavy atom. The second-order valence-corrected chi connectivity index (χ2v) is 7.99. The number of rotatable bonds is 5. The highest BCUT2D eigenvalue weighted by Gasteiger charge is 2.13. The molecule has 0 spiro atoms. The molecule has 1 amide bonds. The van der Waals surface area contributed by atoms with Crippen LogP contribution in [0.2, 0.25) is 0 Å². The minimum absolute atomic E-state index is 0.246. The summed E-state index contributed by atoms with van der Waals surface area (Å²) < 4.78 is 11.4. The van der Waals surface area contributed by atoms with Gasteiger partial charge in [-0.1, -0.05) is 0 Å².